The molecule has 9 nitrogen and oxygen atoms in total. The van der Waals surface area contributed by atoms with Gasteiger partial charge in [-0.2, -0.15) is 0 Å². The number of rotatable bonds is 6. The summed E-state index contributed by atoms with van der Waals surface area (Å²) in [5.74, 6) is 1.11. The van der Waals surface area contributed by atoms with Crippen molar-refractivity contribution in [2.75, 3.05) is 66.3 Å². The van der Waals surface area contributed by atoms with E-state index < -0.39 is 0 Å². The number of carbonyl (C=O) groups excluding carboxylic acids is 2. The minimum atomic E-state index is -0.204. The molecule has 0 saturated carbocycles. The van der Waals surface area contributed by atoms with Crippen LogP contribution in [-0.4, -0.2) is 99.0 Å². The number of methoxy groups -OCH3 is 1. The van der Waals surface area contributed by atoms with Crippen molar-refractivity contribution in [3.63, 3.8) is 0 Å². The van der Waals surface area contributed by atoms with E-state index in [0.29, 0.717) is 51.0 Å². The van der Waals surface area contributed by atoms with E-state index in [1.807, 2.05) is 18.2 Å². The number of hydrogen-bond donors (Lipinski definition) is 0. The quantitative estimate of drug-likeness (QED) is 0.684. The molecule has 29 heavy (non-hydrogen) atoms. The minimum absolute atomic E-state index is 0.0205. The monoisotopic (exact) mass is 405 g/mol. The molecule has 0 radical (unpaired) electrons. The first-order valence-electron chi connectivity index (χ1n) is 9.95. The maximum Gasteiger partial charge on any atom is 0.410 e. The summed E-state index contributed by atoms with van der Waals surface area (Å²) in [6, 6.07) is 5.91. The lowest BCUT2D eigenvalue weighted by atomic mass is 10.1. The van der Waals surface area contributed by atoms with Crippen LogP contribution in [0.3, 0.4) is 0 Å². The van der Waals surface area contributed by atoms with Crippen LogP contribution >= 0.6 is 0 Å². The summed E-state index contributed by atoms with van der Waals surface area (Å²) in [4.78, 5) is 29.8. The molecule has 3 fully saturated rings. The highest BCUT2D eigenvalue weighted by atomic mass is 16.6. The highest BCUT2D eigenvalue weighted by molar-refractivity contribution is 5.78. The molecule has 158 valence electrons. The number of ether oxygens (including phenoxy) is 4. The fourth-order valence-corrected chi connectivity index (χ4v) is 3.93. The van der Waals surface area contributed by atoms with Gasteiger partial charge in [0.15, 0.2) is 18.1 Å². The van der Waals surface area contributed by atoms with Crippen LogP contribution in [0, 0.1) is 0 Å². The SMILES string of the molecule is COc1cc(CN2CCN3C(=O)OCC3C2)ccc1OCC(=O)N1CCOCC1. The van der Waals surface area contributed by atoms with Crippen molar-refractivity contribution < 1.29 is 28.5 Å². The summed E-state index contributed by atoms with van der Waals surface area (Å²) in [5.41, 5.74) is 1.09. The predicted molar refractivity (Wildman–Crippen MR) is 103 cm³/mol. The Morgan fingerprint density at radius 1 is 1.17 bits per heavy atom. The standard InChI is InChI=1S/C20H27N3O6/c1-26-18-10-15(11-21-4-5-23-16(12-21)13-29-20(23)25)2-3-17(18)28-14-19(24)22-6-8-27-9-7-22/h2-3,10,16H,4-9,11-14H2,1H3. The number of amides is 2. The maximum absolute atomic E-state index is 12.3. The molecule has 3 saturated heterocycles. The Morgan fingerprint density at radius 3 is 2.79 bits per heavy atom. The lowest BCUT2D eigenvalue weighted by Gasteiger charge is -2.35. The lowest BCUT2D eigenvalue weighted by molar-refractivity contribution is -0.137. The van der Waals surface area contributed by atoms with Crippen molar-refractivity contribution in [2.45, 2.75) is 12.6 Å². The zero-order valence-corrected chi connectivity index (χ0v) is 16.7. The molecule has 0 aromatic heterocycles. The number of fused-ring (bicyclic) bond motifs is 1. The Kier molecular flexibility index (Phi) is 6.05. The molecule has 0 N–H and O–H groups in total. The molecule has 1 atom stereocenters. The van der Waals surface area contributed by atoms with E-state index >= 15 is 0 Å². The van der Waals surface area contributed by atoms with Crippen LogP contribution < -0.4 is 9.47 Å². The van der Waals surface area contributed by atoms with Crippen LogP contribution in [0.2, 0.25) is 0 Å². The Balaban J connectivity index is 1.33. The Morgan fingerprint density at radius 2 is 2.00 bits per heavy atom. The second-order valence-electron chi connectivity index (χ2n) is 7.43. The molecule has 1 aromatic rings. The van der Waals surface area contributed by atoms with Crippen molar-refractivity contribution >= 4 is 12.0 Å². The van der Waals surface area contributed by atoms with Crippen LogP contribution in [0.5, 0.6) is 11.5 Å². The van der Waals surface area contributed by atoms with Crippen molar-refractivity contribution in [3.05, 3.63) is 23.8 Å². The van der Waals surface area contributed by atoms with Crippen molar-refractivity contribution in [3.8, 4) is 11.5 Å². The summed E-state index contributed by atoms with van der Waals surface area (Å²) >= 11 is 0. The van der Waals surface area contributed by atoms with Gasteiger partial charge >= 0.3 is 6.09 Å². The third-order valence-corrected chi connectivity index (χ3v) is 5.55. The summed E-state index contributed by atoms with van der Waals surface area (Å²) in [7, 11) is 1.59. The largest absolute Gasteiger partial charge is 0.493 e. The third-order valence-electron chi connectivity index (χ3n) is 5.55. The van der Waals surface area contributed by atoms with Gasteiger partial charge in [0.25, 0.3) is 5.91 Å². The molecule has 4 rings (SSSR count). The number of nitrogens with zero attached hydrogens (tertiary/aromatic N) is 3. The Bertz CT molecular complexity index is 752. The van der Waals surface area contributed by atoms with Gasteiger partial charge in [0.1, 0.15) is 6.61 Å². The van der Waals surface area contributed by atoms with Gasteiger partial charge in [0.2, 0.25) is 0 Å². The van der Waals surface area contributed by atoms with E-state index in [1.165, 1.54) is 0 Å². The molecule has 0 spiro atoms. The van der Waals surface area contributed by atoms with Gasteiger partial charge in [-0.05, 0) is 17.7 Å². The van der Waals surface area contributed by atoms with Gasteiger partial charge in [-0.3, -0.25) is 14.6 Å². The number of benzene rings is 1. The second kappa shape index (κ2) is 8.87. The van der Waals surface area contributed by atoms with E-state index in [1.54, 1.807) is 16.9 Å². The smallest absolute Gasteiger partial charge is 0.410 e. The number of cyclic esters (lactones) is 1. The first kappa shape index (κ1) is 19.8. The van der Waals surface area contributed by atoms with Gasteiger partial charge in [0.05, 0.1) is 26.4 Å². The van der Waals surface area contributed by atoms with Crippen LogP contribution in [-0.2, 0) is 20.8 Å². The fraction of sp³-hybridized carbons (Fsp3) is 0.600. The van der Waals surface area contributed by atoms with E-state index in [9.17, 15) is 9.59 Å². The summed E-state index contributed by atoms with van der Waals surface area (Å²) in [6.07, 6.45) is -0.204. The van der Waals surface area contributed by atoms with E-state index in [2.05, 4.69) is 4.90 Å². The van der Waals surface area contributed by atoms with Gasteiger partial charge in [0, 0.05) is 39.3 Å². The van der Waals surface area contributed by atoms with Crippen molar-refractivity contribution in [1.29, 1.82) is 0 Å². The molecule has 3 aliphatic rings. The normalized spacial score (nSPS) is 22.2. The molecule has 1 aromatic carbocycles. The number of morpholine rings is 1. The molecular weight excluding hydrogens is 378 g/mol. The van der Waals surface area contributed by atoms with Crippen molar-refractivity contribution in [2.24, 2.45) is 0 Å². The Labute approximate surface area is 170 Å². The predicted octanol–water partition coefficient (Wildman–Crippen LogP) is 0.569. The Hall–Kier alpha value is -2.52. The molecule has 0 aliphatic carbocycles. The summed E-state index contributed by atoms with van der Waals surface area (Å²) in [6.45, 7) is 5.81. The zero-order valence-electron chi connectivity index (χ0n) is 16.7. The molecular formula is C20H27N3O6. The second-order valence-corrected chi connectivity index (χ2v) is 7.43. The minimum Gasteiger partial charge on any atom is -0.493 e. The average Bonchev–Trinajstić information content (AvgIpc) is 3.13. The molecule has 3 heterocycles. The summed E-state index contributed by atoms with van der Waals surface area (Å²) in [5, 5.41) is 0. The van der Waals surface area contributed by atoms with Crippen LogP contribution in [0.4, 0.5) is 4.79 Å². The van der Waals surface area contributed by atoms with Crippen LogP contribution in [0.25, 0.3) is 0 Å². The average molecular weight is 405 g/mol. The zero-order chi connectivity index (χ0) is 20.2. The lowest BCUT2D eigenvalue weighted by Crippen LogP contribution is -2.51. The first-order chi connectivity index (χ1) is 14.1. The van der Waals surface area contributed by atoms with E-state index in [4.69, 9.17) is 18.9 Å². The van der Waals surface area contributed by atoms with Gasteiger partial charge in [-0.15, -0.1) is 0 Å². The molecule has 3 aliphatic heterocycles. The third kappa shape index (κ3) is 4.56. The van der Waals surface area contributed by atoms with Gasteiger partial charge in [-0.25, -0.2) is 4.79 Å². The summed E-state index contributed by atoms with van der Waals surface area (Å²) < 4.78 is 21.6. The van der Waals surface area contributed by atoms with Gasteiger partial charge < -0.3 is 23.8 Å². The molecule has 2 amide bonds. The molecule has 9 heteroatoms. The highest BCUT2D eigenvalue weighted by Gasteiger charge is 2.37. The van der Waals surface area contributed by atoms with Crippen LogP contribution in [0.15, 0.2) is 18.2 Å². The molecule has 1 unspecified atom stereocenters. The fourth-order valence-electron chi connectivity index (χ4n) is 3.93. The van der Waals surface area contributed by atoms with E-state index in [-0.39, 0.29) is 24.6 Å². The van der Waals surface area contributed by atoms with Gasteiger partial charge in [-0.1, -0.05) is 6.07 Å². The van der Waals surface area contributed by atoms with Crippen LogP contribution in [0.1, 0.15) is 5.56 Å². The topological polar surface area (TPSA) is 80.8 Å². The number of hydrogen-bond acceptors (Lipinski definition) is 7. The molecule has 0 bridgehead atoms. The first-order valence-corrected chi connectivity index (χ1v) is 9.95. The maximum atomic E-state index is 12.3. The highest BCUT2D eigenvalue weighted by Crippen LogP contribution is 2.29. The number of piperazine rings is 1. The van der Waals surface area contributed by atoms with Crippen molar-refractivity contribution in [1.82, 2.24) is 14.7 Å². The van der Waals surface area contributed by atoms with E-state index in [0.717, 1.165) is 25.2 Å². The number of carbonyl (C=O) groups is 2.